The van der Waals surface area contributed by atoms with Gasteiger partial charge in [0.1, 0.15) is 0 Å². The third kappa shape index (κ3) is 3.56. The fraction of sp³-hybridized carbons (Fsp3) is 0.250. The number of halogens is 5. The van der Waals surface area contributed by atoms with Crippen LogP contribution in [0.3, 0.4) is 0 Å². The van der Waals surface area contributed by atoms with Crippen molar-refractivity contribution in [2.24, 2.45) is 0 Å². The van der Waals surface area contributed by atoms with Crippen LogP contribution in [0.5, 0.6) is 0 Å². The molecule has 0 atom stereocenters. The average Bonchev–Trinajstić information content (AvgIpc) is 1.93. The lowest BCUT2D eigenvalue weighted by Crippen LogP contribution is -2.11. The first-order valence-corrected chi connectivity index (χ1v) is 4.56. The van der Waals surface area contributed by atoms with Gasteiger partial charge in [0, 0.05) is 9.50 Å². The predicted molar refractivity (Wildman–Crippen MR) is 48.9 cm³/mol. The second kappa shape index (κ2) is 3.88. The summed E-state index contributed by atoms with van der Waals surface area (Å²) in [5.74, 6) is 0. The largest absolute Gasteiger partial charge is 0.393 e. The molecule has 1 rings (SSSR count). The molecule has 0 radical (unpaired) electrons. The Hall–Kier alpha value is -0.220. The summed E-state index contributed by atoms with van der Waals surface area (Å²) in [7, 11) is 0. The van der Waals surface area contributed by atoms with Crippen molar-refractivity contribution in [1.82, 2.24) is 0 Å². The van der Waals surface area contributed by atoms with Crippen LogP contribution in [-0.4, -0.2) is 6.18 Å². The SMILES string of the molecule is FC(F)(F)Cc1ccc(Cl)cc1Br. The van der Waals surface area contributed by atoms with E-state index in [1.54, 1.807) is 0 Å². The van der Waals surface area contributed by atoms with E-state index in [2.05, 4.69) is 15.9 Å². The smallest absolute Gasteiger partial charge is 0.171 e. The second-order valence-electron chi connectivity index (χ2n) is 2.53. The standard InChI is InChI=1S/C8H5BrClF3/c9-7-3-6(10)2-1-5(7)4-8(11,12)13/h1-3H,4H2. The van der Waals surface area contributed by atoms with Crippen molar-refractivity contribution < 1.29 is 13.2 Å². The van der Waals surface area contributed by atoms with Crippen molar-refractivity contribution in [2.45, 2.75) is 12.6 Å². The van der Waals surface area contributed by atoms with E-state index in [1.807, 2.05) is 0 Å². The van der Waals surface area contributed by atoms with Gasteiger partial charge in [0.2, 0.25) is 0 Å². The van der Waals surface area contributed by atoms with Crippen LogP contribution in [0.25, 0.3) is 0 Å². The van der Waals surface area contributed by atoms with Crippen LogP contribution in [0.4, 0.5) is 13.2 Å². The van der Waals surface area contributed by atoms with Crippen LogP contribution in [0.15, 0.2) is 22.7 Å². The van der Waals surface area contributed by atoms with E-state index < -0.39 is 12.6 Å². The van der Waals surface area contributed by atoms with Gasteiger partial charge in [-0.05, 0) is 17.7 Å². The minimum absolute atomic E-state index is 0.192. The maximum atomic E-state index is 12.0. The molecule has 0 N–H and O–H groups in total. The molecule has 0 aliphatic heterocycles. The molecule has 1 aromatic rings. The molecule has 13 heavy (non-hydrogen) atoms. The van der Waals surface area contributed by atoms with Crippen molar-refractivity contribution in [3.8, 4) is 0 Å². The Bertz CT molecular complexity index is 309. The zero-order chi connectivity index (χ0) is 10.1. The van der Waals surface area contributed by atoms with Gasteiger partial charge in [0.25, 0.3) is 0 Å². The molecule has 72 valence electrons. The molecule has 0 aromatic heterocycles. The van der Waals surface area contributed by atoms with E-state index in [-0.39, 0.29) is 5.56 Å². The third-order valence-electron chi connectivity index (χ3n) is 1.41. The van der Waals surface area contributed by atoms with Crippen molar-refractivity contribution in [3.05, 3.63) is 33.3 Å². The van der Waals surface area contributed by atoms with E-state index in [4.69, 9.17) is 11.6 Å². The molecule has 1 aromatic carbocycles. The molecule has 0 aliphatic rings. The lowest BCUT2D eigenvalue weighted by Gasteiger charge is -2.07. The van der Waals surface area contributed by atoms with E-state index in [0.717, 1.165) is 0 Å². The maximum Gasteiger partial charge on any atom is 0.393 e. The summed E-state index contributed by atoms with van der Waals surface area (Å²) in [5, 5.41) is 0.415. The fourth-order valence-corrected chi connectivity index (χ4v) is 1.70. The lowest BCUT2D eigenvalue weighted by atomic mass is 10.1. The Morgan fingerprint density at radius 1 is 1.31 bits per heavy atom. The highest BCUT2D eigenvalue weighted by Gasteiger charge is 2.28. The molecule has 0 aliphatic carbocycles. The highest BCUT2D eigenvalue weighted by molar-refractivity contribution is 9.10. The topological polar surface area (TPSA) is 0 Å². The van der Waals surface area contributed by atoms with E-state index in [1.165, 1.54) is 18.2 Å². The molecule has 0 unspecified atom stereocenters. The van der Waals surface area contributed by atoms with Crippen molar-refractivity contribution in [2.75, 3.05) is 0 Å². The Balaban J connectivity index is 2.90. The van der Waals surface area contributed by atoms with Crippen molar-refractivity contribution in [1.29, 1.82) is 0 Å². The van der Waals surface area contributed by atoms with Crippen LogP contribution < -0.4 is 0 Å². The molecule has 0 amide bonds. The summed E-state index contributed by atoms with van der Waals surface area (Å²) >= 11 is 8.59. The molecule has 5 heteroatoms. The third-order valence-corrected chi connectivity index (χ3v) is 2.38. The maximum absolute atomic E-state index is 12.0. The summed E-state index contributed by atoms with van der Waals surface area (Å²) in [6, 6.07) is 4.25. The lowest BCUT2D eigenvalue weighted by molar-refractivity contribution is -0.127. The van der Waals surface area contributed by atoms with Gasteiger partial charge >= 0.3 is 6.18 Å². The van der Waals surface area contributed by atoms with E-state index in [9.17, 15) is 13.2 Å². The second-order valence-corrected chi connectivity index (χ2v) is 3.82. The highest BCUT2D eigenvalue weighted by Crippen LogP contribution is 2.28. The first-order valence-electron chi connectivity index (χ1n) is 3.39. The minimum Gasteiger partial charge on any atom is -0.171 e. The van der Waals surface area contributed by atoms with E-state index in [0.29, 0.717) is 9.50 Å². The zero-order valence-corrected chi connectivity index (χ0v) is 8.67. The van der Waals surface area contributed by atoms with Gasteiger partial charge in [-0.1, -0.05) is 33.6 Å². The number of hydrogen-bond acceptors (Lipinski definition) is 0. The molecular weight excluding hydrogens is 268 g/mol. The fourth-order valence-electron chi connectivity index (χ4n) is 0.881. The minimum atomic E-state index is -4.18. The number of alkyl halides is 3. The van der Waals surface area contributed by atoms with Gasteiger partial charge in [-0.2, -0.15) is 13.2 Å². The van der Waals surface area contributed by atoms with Crippen LogP contribution in [0, 0.1) is 0 Å². The summed E-state index contributed by atoms with van der Waals surface area (Å²) in [6.45, 7) is 0. The molecule has 0 fully saturated rings. The van der Waals surface area contributed by atoms with Gasteiger partial charge in [0.05, 0.1) is 6.42 Å². The highest BCUT2D eigenvalue weighted by atomic mass is 79.9. The summed E-state index contributed by atoms with van der Waals surface area (Å²) in [6.07, 6.45) is -5.12. The summed E-state index contributed by atoms with van der Waals surface area (Å²) in [5.41, 5.74) is 0.192. The van der Waals surface area contributed by atoms with E-state index >= 15 is 0 Å². The number of hydrogen-bond donors (Lipinski definition) is 0. The summed E-state index contributed by atoms with van der Waals surface area (Å²) in [4.78, 5) is 0. The van der Waals surface area contributed by atoms with Crippen molar-refractivity contribution >= 4 is 27.5 Å². The predicted octanol–water partition coefficient (Wildman–Crippen LogP) is 4.21. The molecule has 0 bridgehead atoms. The van der Waals surface area contributed by atoms with Crippen LogP contribution in [-0.2, 0) is 6.42 Å². The van der Waals surface area contributed by atoms with Gasteiger partial charge in [-0.15, -0.1) is 0 Å². The Morgan fingerprint density at radius 2 is 1.92 bits per heavy atom. The monoisotopic (exact) mass is 272 g/mol. The molecule has 0 heterocycles. The Kier molecular flexibility index (Phi) is 3.24. The quantitative estimate of drug-likeness (QED) is 0.719. The van der Waals surface area contributed by atoms with Crippen LogP contribution in [0.1, 0.15) is 5.56 Å². The normalized spacial score (nSPS) is 11.8. The Morgan fingerprint density at radius 3 is 2.38 bits per heavy atom. The molecule has 0 saturated carbocycles. The average molecular weight is 273 g/mol. The molecule has 0 nitrogen and oxygen atoms in total. The first-order chi connectivity index (χ1) is 5.88. The Labute approximate surface area is 86.8 Å². The molecular formula is C8H5BrClF3. The first kappa shape index (κ1) is 10.9. The number of benzene rings is 1. The molecule has 0 saturated heterocycles. The van der Waals surface area contributed by atoms with Crippen molar-refractivity contribution in [3.63, 3.8) is 0 Å². The zero-order valence-electron chi connectivity index (χ0n) is 6.33. The van der Waals surface area contributed by atoms with Gasteiger partial charge < -0.3 is 0 Å². The van der Waals surface area contributed by atoms with Crippen LogP contribution >= 0.6 is 27.5 Å². The summed E-state index contributed by atoms with van der Waals surface area (Å²) < 4.78 is 36.3. The van der Waals surface area contributed by atoms with Crippen LogP contribution in [0.2, 0.25) is 5.02 Å². The van der Waals surface area contributed by atoms with Gasteiger partial charge in [-0.25, -0.2) is 0 Å². The van der Waals surface area contributed by atoms with Gasteiger partial charge in [-0.3, -0.25) is 0 Å². The number of rotatable bonds is 1. The molecule has 0 spiro atoms. The van der Waals surface area contributed by atoms with Gasteiger partial charge in [0.15, 0.2) is 0 Å².